The standard InChI is InChI=1S/C13H21FN4O/c1-8(2)13(3,4)7-17-12(19)9-5-6-16-11(18-15)10(9)14/h5-6,8H,7,15H2,1-4H3,(H,16,18)(H,17,19). The van der Waals surface area contributed by atoms with Gasteiger partial charge in [0.1, 0.15) is 0 Å². The van der Waals surface area contributed by atoms with Crippen molar-refractivity contribution in [1.82, 2.24) is 10.3 Å². The Balaban J connectivity index is 2.80. The SMILES string of the molecule is CC(C)C(C)(C)CNC(=O)c1ccnc(NN)c1F. The molecule has 0 saturated carbocycles. The first-order valence-electron chi connectivity index (χ1n) is 6.19. The number of nitrogens with two attached hydrogens (primary N) is 1. The summed E-state index contributed by atoms with van der Waals surface area (Å²) >= 11 is 0. The van der Waals surface area contributed by atoms with Crippen LogP contribution in [0.5, 0.6) is 0 Å². The van der Waals surface area contributed by atoms with E-state index in [2.05, 4.69) is 29.6 Å². The number of nitrogens with one attached hydrogen (secondary N) is 2. The zero-order chi connectivity index (χ0) is 14.6. The minimum Gasteiger partial charge on any atom is -0.351 e. The van der Waals surface area contributed by atoms with Crippen LogP contribution in [-0.2, 0) is 0 Å². The van der Waals surface area contributed by atoms with Gasteiger partial charge in [0.2, 0.25) is 0 Å². The normalized spacial score (nSPS) is 11.5. The van der Waals surface area contributed by atoms with Crippen LogP contribution in [0.4, 0.5) is 10.2 Å². The van der Waals surface area contributed by atoms with E-state index >= 15 is 0 Å². The number of anilines is 1. The summed E-state index contributed by atoms with van der Waals surface area (Å²) in [5.74, 6) is 4.16. The Bertz CT molecular complexity index is 460. The number of aromatic nitrogens is 1. The van der Waals surface area contributed by atoms with E-state index in [0.29, 0.717) is 12.5 Å². The Morgan fingerprint density at radius 2 is 2.16 bits per heavy atom. The predicted molar refractivity (Wildman–Crippen MR) is 73.0 cm³/mol. The molecule has 1 rings (SSSR count). The van der Waals surface area contributed by atoms with Gasteiger partial charge >= 0.3 is 0 Å². The third kappa shape index (κ3) is 3.64. The Kier molecular flexibility index (Phi) is 4.83. The van der Waals surface area contributed by atoms with E-state index in [1.54, 1.807) is 0 Å². The third-order valence-electron chi connectivity index (χ3n) is 3.54. The summed E-state index contributed by atoms with van der Waals surface area (Å²) in [6.07, 6.45) is 1.33. The molecule has 19 heavy (non-hydrogen) atoms. The molecule has 0 unspecified atom stereocenters. The number of rotatable bonds is 5. The van der Waals surface area contributed by atoms with Crippen LogP contribution in [0.1, 0.15) is 38.1 Å². The fourth-order valence-electron chi connectivity index (χ4n) is 1.33. The van der Waals surface area contributed by atoms with Crippen molar-refractivity contribution in [2.24, 2.45) is 17.2 Å². The molecule has 0 radical (unpaired) electrons. The Hall–Kier alpha value is -1.69. The van der Waals surface area contributed by atoms with E-state index in [1.807, 2.05) is 13.8 Å². The molecule has 0 saturated heterocycles. The van der Waals surface area contributed by atoms with Gasteiger partial charge in [-0.05, 0) is 17.4 Å². The summed E-state index contributed by atoms with van der Waals surface area (Å²) in [6, 6.07) is 1.33. The molecule has 0 aromatic carbocycles. The van der Waals surface area contributed by atoms with Gasteiger partial charge in [-0.1, -0.05) is 27.7 Å². The van der Waals surface area contributed by atoms with Crippen molar-refractivity contribution in [2.45, 2.75) is 27.7 Å². The zero-order valence-electron chi connectivity index (χ0n) is 11.7. The van der Waals surface area contributed by atoms with E-state index in [0.717, 1.165) is 0 Å². The molecule has 0 spiro atoms. The zero-order valence-corrected chi connectivity index (χ0v) is 11.7. The number of hydrogen-bond donors (Lipinski definition) is 3. The number of hydrogen-bond acceptors (Lipinski definition) is 4. The third-order valence-corrected chi connectivity index (χ3v) is 3.54. The van der Waals surface area contributed by atoms with Crippen molar-refractivity contribution in [1.29, 1.82) is 0 Å². The first kappa shape index (κ1) is 15.4. The van der Waals surface area contributed by atoms with Gasteiger partial charge in [-0.3, -0.25) is 4.79 Å². The summed E-state index contributed by atoms with van der Waals surface area (Å²) < 4.78 is 13.8. The highest BCUT2D eigenvalue weighted by Gasteiger charge is 2.24. The molecule has 106 valence electrons. The van der Waals surface area contributed by atoms with Crippen molar-refractivity contribution in [2.75, 3.05) is 12.0 Å². The fourth-order valence-corrected chi connectivity index (χ4v) is 1.33. The highest BCUT2D eigenvalue weighted by molar-refractivity contribution is 5.95. The minimum atomic E-state index is -0.746. The van der Waals surface area contributed by atoms with Gasteiger partial charge in [-0.25, -0.2) is 15.2 Å². The molecular formula is C13H21FN4O. The smallest absolute Gasteiger partial charge is 0.254 e. The van der Waals surface area contributed by atoms with Crippen LogP contribution in [0.3, 0.4) is 0 Å². The maximum atomic E-state index is 13.8. The van der Waals surface area contributed by atoms with Gasteiger partial charge < -0.3 is 10.7 Å². The molecule has 5 nitrogen and oxygen atoms in total. The van der Waals surface area contributed by atoms with Crippen LogP contribution in [0.2, 0.25) is 0 Å². The van der Waals surface area contributed by atoms with Gasteiger partial charge in [-0.15, -0.1) is 0 Å². The number of carbonyl (C=O) groups excluding carboxylic acids is 1. The quantitative estimate of drug-likeness (QED) is 0.563. The van der Waals surface area contributed by atoms with Gasteiger partial charge in [-0.2, -0.15) is 0 Å². The largest absolute Gasteiger partial charge is 0.351 e. The highest BCUT2D eigenvalue weighted by Crippen LogP contribution is 2.25. The molecule has 0 aliphatic carbocycles. The second-order valence-corrected chi connectivity index (χ2v) is 5.49. The van der Waals surface area contributed by atoms with Crippen LogP contribution in [0, 0.1) is 17.2 Å². The molecule has 4 N–H and O–H groups in total. The molecule has 0 bridgehead atoms. The van der Waals surface area contributed by atoms with Crippen molar-refractivity contribution in [3.8, 4) is 0 Å². The number of pyridine rings is 1. The second-order valence-electron chi connectivity index (χ2n) is 5.49. The molecule has 0 aliphatic rings. The average Bonchev–Trinajstić information content (AvgIpc) is 2.36. The lowest BCUT2D eigenvalue weighted by Crippen LogP contribution is -2.37. The van der Waals surface area contributed by atoms with E-state index < -0.39 is 11.7 Å². The Morgan fingerprint density at radius 3 is 2.68 bits per heavy atom. The summed E-state index contributed by atoms with van der Waals surface area (Å²) in [5, 5.41) is 2.74. The number of amides is 1. The van der Waals surface area contributed by atoms with E-state index in [1.165, 1.54) is 12.3 Å². The minimum absolute atomic E-state index is 0.0614. The highest BCUT2D eigenvalue weighted by atomic mass is 19.1. The molecule has 1 aromatic rings. The summed E-state index contributed by atoms with van der Waals surface area (Å²) in [6.45, 7) is 8.73. The molecule has 1 heterocycles. The topological polar surface area (TPSA) is 80.0 Å². The Labute approximate surface area is 112 Å². The van der Waals surface area contributed by atoms with Gasteiger partial charge in [0.15, 0.2) is 11.6 Å². The summed E-state index contributed by atoms with van der Waals surface area (Å²) in [4.78, 5) is 15.6. The number of carbonyl (C=O) groups is 1. The number of halogens is 1. The van der Waals surface area contributed by atoms with Crippen LogP contribution in [-0.4, -0.2) is 17.4 Å². The maximum absolute atomic E-state index is 13.8. The van der Waals surface area contributed by atoms with Crippen molar-refractivity contribution >= 4 is 11.7 Å². The molecule has 6 heteroatoms. The van der Waals surface area contributed by atoms with E-state index in [9.17, 15) is 9.18 Å². The average molecular weight is 268 g/mol. The number of nitrogen functional groups attached to an aromatic ring is 1. The maximum Gasteiger partial charge on any atom is 0.254 e. The van der Waals surface area contributed by atoms with Crippen LogP contribution in [0.15, 0.2) is 12.3 Å². The molecular weight excluding hydrogens is 247 g/mol. The molecule has 1 amide bonds. The number of hydrazine groups is 1. The predicted octanol–water partition coefficient (Wildman–Crippen LogP) is 1.92. The lowest BCUT2D eigenvalue weighted by Gasteiger charge is -2.29. The van der Waals surface area contributed by atoms with Crippen molar-refractivity contribution < 1.29 is 9.18 Å². The molecule has 0 aliphatic heterocycles. The first-order chi connectivity index (χ1) is 8.79. The molecule has 1 aromatic heterocycles. The van der Waals surface area contributed by atoms with E-state index in [-0.39, 0.29) is 16.8 Å². The van der Waals surface area contributed by atoms with Crippen LogP contribution >= 0.6 is 0 Å². The molecule has 0 atom stereocenters. The lowest BCUT2D eigenvalue weighted by molar-refractivity contribution is 0.0920. The lowest BCUT2D eigenvalue weighted by atomic mass is 9.81. The molecule has 0 fully saturated rings. The van der Waals surface area contributed by atoms with Gasteiger partial charge in [0, 0.05) is 12.7 Å². The van der Waals surface area contributed by atoms with Gasteiger partial charge in [0.25, 0.3) is 5.91 Å². The Morgan fingerprint density at radius 1 is 1.53 bits per heavy atom. The van der Waals surface area contributed by atoms with Crippen molar-refractivity contribution in [3.05, 3.63) is 23.6 Å². The second kappa shape index (κ2) is 5.97. The first-order valence-corrected chi connectivity index (χ1v) is 6.19. The fraction of sp³-hybridized carbons (Fsp3) is 0.538. The van der Waals surface area contributed by atoms with Crippen LogP contribution < -0.4 is 16.6 Å². The van der Waals surface area contributed by atoms with Gasteiger partial charge in [0.05, 0.1) is 5.56 Å². The number of nitrogens with zero attached hydrogens (tertiary/aromatic N) is 1. The van der Waals surface area contributed by atoms with E-state index in [4.69, 9.17) is 5.84 Å². The monoisotopic (exact) mass is 268 g/mol. The summed E-state index contributed by atoms with van der Waals surface area (Å²) in [5.41, 5.74) is 1.99. The summed E-state index contributed by atoms with van der Waals surface area (Å²) in [7, 11) is 0. The van der Waals surface area contributed by atoms with Crippen LogP contribution in [0.25, 0.3) is 0 Å². The van der Waals surface area contributed by atoms with Crippen molar-refractivity contribution in [3.63, 3.8) is 0 Å².